The summed E-state index contributed by atoms with van der Waals surface area (Å²) in [6, 6.07) is 11.4. The van der Waals surface area contributed by atoms with Crippen molar-refractivity contribution < 1.29 is 18.7 Å². The molecule has 7 nitrogen and oxygen atoms in total. The standard InChI is InChI=1S/C20H23N3O4/c1-13(2)10-16(19(24)22-3)23-20(25)18-9-8-15(27-18)12-26-17-7-5-4-6-14(17)11-21/h4-9,13,16H,10,12H2,1-3H3,(H,22,24)(H,23,25). The average Bonchev–Trinajstić information content (AvgIpc) is 3.14. The predicted octanol–water partition coefficient (Wildman–Crippen LogP) is 2.62. The Morgan fingerprint density at radius 1 is 1.22 bits per heavy atom. The molecule has 2 amide bonds. The van der Waals surface area contributed by atoms with Gasteiger partial charge in [-0.15, -0.1) is 0 Å². The molecule has 0 bridgehead atoms. The van der Waals surface area contributed by atoms with E-state index in [1.807, 2.05) is 13.8 Å². The number of benzene rings is 1. The summed E-state index contributed by atoms with van der Waals surface area (Å²) in [7, 11) is 1.53. The highest BCUT2D eigenvalue weighted by Crippen LogP contribution is 2.19. The number of likely N-dealkylation sites (N-methyl/N-ethyl adjacent to an activating group) is 1. The molecule has 0 radical (unpaired) electrons. The van der Waals surface area contributed by atoms with E-state index in [-0.39, 0.29) is 24.2 Å². The second kappa shape index (κ2) is 9.43. The van der Waals surface area contributed by atoms with Gasteiger partial charge < -0.3 is 19.8 Å². The molecule has 142 valence electrons. The zero-order chi connectivity index (χ0) is 19.8. The van der Waals surface area contributed by atoms with Crippen molar-refractivity contribution in [3.05, 3.63) is 53.5 Å². The summed E-state index contributed by atoms with van der Waals surface area (Å²) in [4.78, 5) is 24.3. The molecule has 0 saturated carbocycles. The van der Waals surface area contributed by atoms with Crippen molar-refractivity contribution in [3.63, 3.8) is 0 Å². The van der Waals surface area contributed by atoms with Crippen molar-refractivity contribution in [2.45, 2.75) is 32.9 Å². The lowest BCUT2D eigenvalue weighted by Gasteiger charge is -2.18. The van der Waals surface area contributed by atoms with Gasteiger partial charge in [0.05, 0.1) is 5.56 Å². The van der Waals surface area contributed by atoms with Gasteiger partial charge in [0.1, 0.15) is 30.2 Å². The molecule has 0 fully saturated rings. The molecule has 0 aliphatic heterocycles. The summed E-state index contributed by atoms with van der Waals surface area (Å²) in [5, 5.41) is 14.3. The third-order valence-corrected chi connectivity index (χ3v) is 3.84. The number of nitrogens with one attached hydrogen (secondary N) is 2. The molecule has 0 saturated heterocycles. The summed E-state index contributed by atoms with van der Waals surface area (Å²) in [5.74, 6) is 0.508. The van der Waals surface area contributed by atoms with E-state index < -0.39 is 11.9 Å². The first kappa shape index (κ1) is 20.0. The molecule has 1 aromatic heterocycles. The third-order valence-electron chi connectivity index (χ3n) is 3.84. The van der Waals surface area contributed by atoms with Gasteiger partial charge >= 0.3 is 0 Å². The van der Waals surface area contributed by atoms with Gasteiger partial charge in [0.15, 0.2) is 5.76 Å². The fourth-order valence-electron chi connectivity index (χ4n) is 2.52. The second-order valence-corrected chi connectivity index (χ2v) is 6.43. The van der Waals surface area contributed by atoms with Crippen LogP contribution in [0.2, 0.25) is 0 Å². The van der Waals surface area contributed by atoms with E-state index in [2.05, 4.69) is 16.7 Å². The first-order chi connectivity index (χ1) is 12.9. The number of rotatable bonds is 8. The highest BCUT2D eigenvalue weighted by atomic mass is 16.5. The average molecular weight is 369 g/mol. The molecule has 27 heavy (non-hydrogen) atoms. The summed E-state index contributed by atoms with van der Waals surface area (Å²) in [6.07, 6.45) is 0.521. The monoisotopic (exact) mass is 369 g/mol. The Morgan fingerprint density at radius 2 is 1.96 bits per heavy atom. The van der Waals surface area contributed by atoms with Crippen molar-refractivity contribution in [2.75, 3.05) is 7.05 Å². The first-order valence-electron chi connectivity index (χ1n) is 8.67. The van der Waals surface area contributed by atoms with Crippen LogP contribution >= 0.6 is 0 Å². The number of amides is 2. The maximum absolute atomic E-state index is 12.4. The summed E-state index contributed by atoms with van der Waals surface area (Å²) < 4.78 is 11.1. The molecule has 0 aliphatic rings. The number of carbonyl (C=O) groups excluding carboxylic acids is 2. The first-order valence-corrected chi connectivity index (χ1v) is 8.67. The fraction of sp³-hybridized carbons (Fsp3) is 0.350. The lowest BCUT2D eigenvalue weighted by atomic mass is 10.0. The lowest BCUT2D eigenvalue weighted by Crippen LogP contribution is -2.46. The van der Waals surface area contributed by atoms with Gasteiger partial charge in [-0.3, -0.25) is 9.59 Å². The molecule has 2 N–H and O–H groups in total. The predicted molar refractivity (Wildman–Crippen MR) is 99.0 cm³/mol. The van der Waals surface area contributed by atoms with Crippen LogP contribution in [0.1, 0.15) is 42.1 Å². The Hall–Kier alpha value is -3.27. The topological polar surface area (TPSA) is 104 Å². The lowest BCUT2D eigenvalue weighted by molar-refractivity contribution is -0.122. The van der Waals surface area contributed by atoms with Crippen LogP contribution < -0.4 is 15.4 Å². The summed E-state index contributed by atoms with van der Waals surface area (Å²) >= 11 is 0. The van der Waals surface area contributed by atoms with Crippen LogP contribution in [0.15, 0.2) is 40.8 Å². The highest BCUT2D eigenvalue weighted by molar-refractivity contribution is 5.95. The van der Waals surface area contributed by atoms with E-state index in [1.54, 1.807) is 30.3 Å². The van der Waals surface area contributed by atoms with Crippen LogP contribution in [0.4, 0.5) is 0 Å². The Balaban J connectivity index is 2.00. The van der Waals surface area contributed by atoms with Crippen molar-refractivity contribution in [1.82, 2.24) is 10.6 Å². The van der Waals surface area contributed by atoms with Gasteiger partial charge in [-0.2, -0.15) is 5.26 Å². The molecule has 2 aromatic rings. The molecule has 1 unspecified atom stereocenters. The van der Waals surface area contributed by atoms with E-state index in [4.69, 9.17) is 14.4 Å². The van der Waals surface area contributed by atoms with Gasteiger partial charge in [0.25, 0.3) is 5.91 Å². The number of nitrogens with zero attached hydrogens (tertiary/aromatic N) is 1. The van der Waals surface area contributed by atoms with E-state index in [9.17, 15) is 9.59 Å². The van der Waals surface area contributed by atoms with E-state index >= 15 is 0 Å². The molecule has 0 spiro atoms. The minimum Gasteiger partial charge on any atom is -0.484 e. The largest absolute Gasteiger partial charge is 0.484 e. The summed E-state index contributed by atoms with van der Waals surface area (Å²) in [5.41, 5.74) is 0.420. The van der Waals surface area contributed by atoms with Crippen LogP contribution in [-0.4, -0.2) is 24.9 Å². The zero-order valence-electron chi connectivity index (χ0n) is 15.6. The molecule has 1 aromatic carbocycles. The normalized spacial score (nSPS) is 11.5. The Labute approximate surface area is 158 Å². The van der Waals surface area contributed by atoms with Crippen LogP contribution in [0, 0.1) is 17.2 Å². The van der Waals surface area contributed by atoms with Crippen LogP contribution in [0.25, 0.3) is 0 Å². The molecule has 7 heteroatoms. The number of nitriles is 1. The van der Waals surface area contributed by atoms with Crippen molar-refractivity contribution >= 4 is 11.8 Å². The maximum Gasteiger partial charge on any atom is 0.287 e. The quantitative estimate of drug-likeness (QED) is 0.744. The molecule has 1 heterocycles. The molecule has 0 aliphatic carbocycles. The van der Waals surface area contributed by atoms with Crippen LogP contribution in [-0.2, 0) is 11.4 Å². The fourth-order valence-corrected chi connectivity index (χ4v) is 2.52. The maximum atomic E-state index is 12.4. The van der Waals surface area contributed by atoms with E-state index in [1.165, 1.54) is 13.1 Å². The van der Waals surface area contributed by atoms with Crippen molar-refractivity contribution in [1.29, 1.82) is 5.26 Å². The Bertz CT molecular complexity index is 836. The number of para-hydroxylation sites is 1. The molecule has 2 rings (SSSR count). The zero-order valence-corrected chi connectivity index (χ0v) is 15.6. The number of hydrogen-bond acceptors (Lipinski definition) is 5. The van der Waals surface area contributed by atoms with Gasteiger partial charge in [0.2, 0.25) is 5.91 Å². The van der Waals surface area contributed by atoms with Gasteiger partial charge in [-0.25, -0.2) is 0 Å². The number of carbonyl (C=O) groups is 2. The van der Waals surface area contributed by atoms with Crippen LogP contribution in [0.3, 0.4) is 0 Å². The van der Waals surface area contributed by atoms with E-state index in [0.29, 0.717) is 23.5 Å². The smallest absolute Gasteiger partial charge is 0.287 e. The summed E-state index contributed by atoms with van der Waals surface area (Å²) in [6.45, 7) is 4.03. The number of furan rings is 1. The molecular formula is C20H23N3O4. The van der Waals surface area contributed by atoms with Gasteiger partial charge in [0, 0.05) is 7.05 Å². The van der Waals surface area contributed by atoms with Gasteiger partial charge in [-0.1, -0.05) is 26.0 Å². The van der Waals surface area contributed by atoms with E-state index in [0.717, 1.165) is 0 Å². The number of hydrogen-bond donors (Lipinski definition) is 2. The van der Waals surface area contributed by atoms with Crippen LogP contribution in [0.5, 0.6) is 5.75 Å². The van der Waals surface area contributed by atoms with Crippen molar-refractivity contribution in [3.8, 4) is 11.8 Å². The minimum absolute atomic E-state index is 0.0802. The highest BCUT2D eigenvalue weighted by Gasteiger charge is 2.23. The van der Waals surface area contributed by atoms with Crippen molar-refractivity contribution in [2.24, 2.45) is 5.92 Å². The second-order valence-electron chi connectivity index (χ2n) is 6.43. The Kier molecular flexibility index (Phi) is 7.00. The third kappa shape index (κ3) is 5.61. The number of ether oxygens (including phenoxy) is 1. The molecule has 1 atom stereocenters. The molecular weight excluding hydrogens is 346 g/mol. The SMILES string of the molecule is CNC(=O)C(CC(C)C)NC(=O)c1ccc(COc2ccccc2C#N)o1. The Morgan fingerprint density at radius 3 is 2.63 bits per heavy atom. The minimum atomic E-state index is -0.630. The van der Waals surface area contributed by atoms with Gasteiger partial charge in [-0.05, 0) is 36.6 Å².